The van der Waals surface area contributed by atoms with Crippen LogP contribution in [-0.4, -0.2) is 25.8 Å². The zero-order valence-corrected chi connectivity index (χ0v) is 8.79. The van der Waals surface area contributed by atoms with Crippen molar-refractivity contribution in [1.82, 2.24) is 14.8 Å². The van der Waals surface area contributed by atoms with Gasteiger partial charge in [-0.05, 0) is 19.1 Å². The summed E-state index contributed by atoms with van der Waals surface area (Å²) < 4.78 is 1.57. The van der Waals surface area contributed by atoms with Crippen molar-refractivity contribution in [2.24, 2.45) is 0 Å². The molecule has 0 aliphatic heterocycles. The first-order valence-corrected chi connectivity index (χ1v) is 4.84. The highest BCUT2D eigenvalue weighted by atomic mass is 16.4. The van der Waals surface area contributed by atoms with E-state index in [9.17, 15) is 4.79 Å². The minimum Gasteiger partial charge on any atom is -0.481 e. The normalized spacial score (nSPS) is 10.3. The lowest BCUT2D eigenvalue weighted by atomic mass is 10.2. The molecule has 1 heterocycles. The molecule has 0 radical (unpaired) electrons. The average molecular weight is 217 g/mol. The third kappa shape index (κ3) is 2.25. The smallest absolute Gasteiger partial charge is 0.311 e. The molecule has 0 aliphatic carbocycles. The van der Waals surface area contributed by atoms with Crippen molar-refractivity contribution in [3.05, 3.63) is 42.0 Å². The Kier molecular flexibility index (Phi) is 2.68. The van der Waals surface area contributed by atoms with Gasteiger partial charge < -0.3 is 5.11 Å². The fourth-order valence-electron chi connectivity index (χ4n) is 1.34. The first-order chi connectivity index (χ1) is 7.65. The van der Waals surface area contributed by atoms with Gasteiger partial charge in [-0.3, -0.25) is 4.79 Å². The highest BCUT2D eigenvalue weighted by Crippen LogP contribution is 2.07. The van der Waals surface area contributed by atoms with Gasteiger partial charge in [0.25, 0.3) is 0 Å². The van der Waals surface area contributed by atoms with Crippen LogP contribution in [0.2, 0.25) is 0 Å². The lowest BCUT2D eigenvalue weighted by molar-refractivity contribution is -0.136. The molecule has 0 saturated heterocycles. The minimum absolute atomic E-state index is 0.154. The summed E-state index contributed by atoms with van der Waals surface area (Å²) in [5, 5.41) is 12.7. The standard InChI is InChI=1S/C11H11N3O2/c1-8-2-4-9(5-3-8)14-7-12-10(13-14)6-11(15)16/h2-5,7H,6H2,1H3,(H,15,16). The van der Waals surface area contributed by atoms with Crippen LogP contribution in [0.15, 0.2) is 30.6 Å². The highest BCUT2D eigenvalue weighted by Gasteiger charge is 2.06. The van der Waals surface area contributed by atoms with E-state index in [1.807, 2.05) is 31.2 Å². The summed E-state index contributed by atoms with van der Waals surface area (Å²) in [6.07, 6.45) is 1.36. The van der Waals surface area contributed by atoms with Gasteiger partial charge in [-0.25, -0.2) is 9.67 Å². The summed E-state index contributed by atoms with van der Waals surface area (Å²) in [4.78, 5) is 14.4. The van der Waals surface area contributed by atoms with Crippen molar-refractivity contribution in [2.45, 2.75) is 13.3 Å². The first kappa shape index (κ1) is 10.4. The predicted molar refractivity (Wildman–Crippen MR) is 57.4 cm³/mol. The Morgan fingerprint density at radius 3 is 2.69 bits per heavy atom. The van der Waals surface area contributed by atoms with Crippen LogP contribution in [0.25, 0.3) is 5.69 Å². The van der Waals surface area contributed by atoms with Crippen LogP contribution in [0, 0.1) is 6.92 Å². The molecule has 0 aliphatic rings. The Labute approximate surface area is 92.4 Å². The number of aromatic nitrogens is 3. The maximum absolute atomic E-state index is 10.5. The molecule has 5 nitrogen and oxygen atoms in total. The number of aliphatic carboxylic acids is 1. The summed E-state index contributed by atoms with van der Waals surface area (Å²) in [6, 6.07) is 7.75. The Balaban J connectivity index is 2.24. The van der Waals surface area contributed by atoms with Crippen LogP contribution in [0.1, 0.15) is 11.4 Å². The van der Waals surface area contributed by atoms with Crippen LogP contribution in [0.5, 0.6) is 0 Å². The number of rotatable bonds is 3. The van der Waals surface area contributed by atoms with Crippen LogP contribution >= 0.6 is 0 Å². The Hall–Kier alpha value is -2.17. The fourth-order valence-corrected chi connectivity index (χ4v) is 1.34. The number of aryl methyl sites for hydroxylation is 1. The summed E-state index contributed by atoms with van der Waals surface area (Å²) in [7, 11) is 0. The molecule has 1 N–H and O–H groups in total. The molecule has 0 saturated carbocycles. The molecule has 5 heteroatoms. The first-order valence-electron chi connectivity index (χ1n) is 4.84. The molecule has 0 spiro atoms. The second kappa shape index (κ2) is 4.14. The molecule has 0 unspecified atom stereocenters. The van der Waals surface area contributed by atoms with Gasteiger partial charge in [0, 0.05) is 0 Å². The SMILES string of the molecule is Cc1ccc(-n2cnc(CC(=O)O)n2)cc1. The lowest BCUT2D eigenvalue weighted by Gasteiger charge is -1.99. The molecule has 0 fully saturated rings. The Bertz CT molecular complexity index is 502. The number of carboxylic acids is 1. The zero-order chi connectivity index (χ0) is 11.5. The molecule has 2 rings (SSSR count). The third-order valence-electron chi connectivity index (χ3n) is 2.15. The van der Waals surface area contributed by atoms with Gasteiger partial charge in [-0.15, -0.1) is 0 Å². The van der Waals surface area contributed by atoms with Gasteiger partial charge in [0.05, 0.1) is 5.69 Å². The van der Waals surface area contributed by atoms with E-state index in [0.717, 1.165) is 11.3 Å². The van der Waals surface area contributed by atoms with Crippen molar-refractivity contribution in [1.29, 1.82) is 0 Å². The summed E-state index contributed by atoms with van der Waals surface area (Å²) in [5.74, 6) is -0.616. The summed E-state index contributed by atoms with van der Waals surface area (Å²) >= 11 is 0. The van der Waals surface area contributed by atoms with E-state index in [4.69, 9.17) is 5.11 Å². The molecule has 1 aromatic heterocycles. The molecule has 0 bridgehead atoms. The number of benzene rings is 1. The van der Waals surface area contributed by atoms with Crippen LogP contribution in [0.4, 0.5) is 0 Å². The van der Waals surface area contributed by atoms with Gasteiger partial charge in [0.2, 0.25) is 0 Å². The Morgan fingerprint density at radius 1 is 1.38 bits per heavy atom. The summed E-state index contributed by atoms with van der Waals surface area (Å²) in [6.45, 7) is 2.00. The van der Waals surface area contributed by atoms with E-state index in [2.05, 4.69) is 10.1 Å². The van der Waals surface area contributed by atoms with Gasteiger partial charge in [-0.1, -0.05) is 17.7 Å². The van der Waals surface area contributed by atoms with Crippen molar-refractivity contribution in [3.63, 3.8) is 0 Å². The topological polar surface area (TPSA) is 68.0 Å². The highest BCUT2D eigenvalue weighted by molar-refractivity contribution is 5.68. The van der Waals surface area contributed by atoms with Gasteiger partial charge >= 0.3 is 5.97 Å². The van der Waals surface area contributed by atoms with E-state index < -0.39 is 5.97 Å². The molecule has 2 aromatic rings. The van der Waals surface area contributed by atoms with E-state index in [1.54, 1.807) is 4.68 Å². The van der Waals surface area contributed by atoms with Crippen LogP contribution in [0.3, 0.4) is 0 Å². The van der Waals surface area contributed by atoms with E-state index in [-0.39, 0.29) is 6.42 Å². The zero-order valence-electron chi connectivity index (χ0n) is 8.79. The van der Waals surface area contributed by atoms with E-state index >= 15 is 0 Å². The molecule has 0 amide bonds. The molecule has 1 aromatic carbocycles. The van der Waals surface area contributed by atoms with E-state index in [1.165, 1.54) is 6.33 Å². The maximum Gasteiger partial charge on any atom is 0.311 e. The predicted octanol–water partition coefficient (Wildman–Crippen LogP) is 1.20. The van der Waals surface area contributed by atoms with Crippen LogP contribution < -0.4 is 0 Å². The second-order valence-corrected chi connectivity index (χ2v) is 3.51. The maximum atomic E-state index is 10.5. The molecule has 0 atom stereocenters. The molecule has 82 valence electrons. The number of nitrogens with zero attached hydrogens (tertiary/aromatic N) is 3. The number of hydrogen-bond donors (Lipinski definition) is 1. The average Bonchev–Trinajstić information content (AvgIpc) is 2.66. The second-order valence-electron chi connectivity index (χ2n) is 3.51. The molecular weight excluding hydrogens is 206 g/mol. The van der Waals surface area contributed by atoms with Crippen molar-refractivity contribution in [2.75, 3.05) is 0 Å². The number of carboxylic acid groups (broad SMARTS) is 1. The Morgan fingerprint density at radius 2 is 2.06 bits per heavy atom. The van der Waals surface area contributed by atoms with Gasteiger partial charge in [0.15, 0.2) is 5.82 Å². The monoisotopic (exact) mass is 217 g/mol. The minimum atomic E-state index is -0.929. The molecular formula is C11H11N3O2. The quantitative estimate of drug-likeness (QED) is 0.838. The van der Waals surface area contributed by atoms with E-state index in [0.29, 0.717) is 5.82 Å². The number of carbonyl (C=O) groups is 1. The molecule has 16 heavy (non-hydrogen) atoms. The van der Waals surface area contributed by atoms with Crippen LogP contribution in [-0.2, 0) is 11.2 Å². The largest absolute Gasteiger partial charge is 0.481 e. The van der Waals surface area contributed by atoms with Gasteiger partial charge in [-0.2, -0.15) is 5.10 Å². The van der Waals surface area contributed by atoms with Crippen molar-refractivity contribution in [3.8, 4) is 5.69 Å². The number of hydrogen-bond acceptors (Lipinski definition) is 3. The van der Waals surface area contributed by atoms with Crippen molar-refractivity contribution >= 4 is 5.97 Å². The van der Waals surface area contributed by atoms with Gasteiger partial charge in [0.1, 0.15) is 12.7 Å². The lowest BCUT2D eigenvalue weighted by Crippen LogP contribution is -2.03. The fraction of sp³-hybridized carbons (Fsp3) is 0.182. The van der Waals surface area contributed by atoms with Crippen molar-refractivity contribution < 1.29 is 9.90 Å². The summed E-state index contributed by atoms with van der Waals surface area (Å²) in [5.41, 5.74) is 2.03. The third-order valence-corrected chi connectivity index (χ3v) is 2.15.